The fourth-order valence-corrected chi connectivity index (χ4v) is 1.48. The first kappa shape index (κ1) is 7.19. The van der Waals surface area contributed by atoms with E-state index in [9.17, 15) is 9.59 Å². The first-order valence-corrected chi connectivity index (χ1v) is 3.96. The molecule has 14 heavy (non-hydrogen) atoms. The highest BCUT2D eigenvalue weighted by Gasteiger charge is 2.19. The van der Waals surface area contributed by atoms with Crippen LogP contribution in [0.3, 0.4) is 0 Å². The molecule has 6 heteroatoms. The summed E-state index contributed by atoms with van der Waals surface area (Å²) in [5.74, 6) is -0.371. The van der Waals surface area contributed by atoms with Gasteiger partial charge in [0.05, 0.1) is 22.2 Å². The molecule has 0 atom stereocenters. The van der Waals surface area contributed by atoms with E-state index in [2.05, 4.69) is 20.4 Å². The number of hydrogen-bond donors (Lipinski definition) is 2. The number of nitrogens with zero attached hydrogens (tertiary/aromatic N) is 2. The van der Waals surface area contributed by atoms with Crippen molar-refractivity contribution in [2.45, 2.75) is 0 Å². The number of aromatic nitrogens is 2. The van der Waals surface area contributed by atoms with Gasteiger partial charge in [-0.15, -0.1) is 10.2 Å². The number of fused-ring (bicyclic) bond motifs is 2. The van der Waals surface area contributed by atoms with E-state index in [0.717, 1.165) is 0 Å². The summed E-state index contributed by atoms with van der Waals surface area (Å²) >= 11 is 0. The van der Waals surface area contributed by atoms with Crippen molar-refractivity contribution in [3.63, 3.8) is 0 Å². The van der Waals surface area contributed by atoms with Crippen LogP contribution in [0.25, 0.3) is 10.9 Å². The highest BCUT2D eigenvalue weighted by atomic mass is 16.2. The van der Waals surface area contributed by atoms with Crippen molar-refractivity contribution < 1.29 is 4.79 Å². The predicted octanol–water partition coefficient (Wildman–Crippen LogP) is 1.09. The Morgan fingerprint density at radius 1 is 1.07 bits per heavy atom. The molecule has 0 bridgehead atoms. The number of nitrogens with one attached hydrogen (secondary N) is 2. The zero-order chi connectivity index (χ0) is 9.71. The highest BCUT2D eigenvalue weighted by molar-refractivity contribution is 6.05. The topological polar surface area (TPSA) is 90.4 Å². The summed E-state index contributed by atoms with van der Waals surface area (Å²) in [5, 5.41) is 12.6. The van der Waals surface area contributed by atoms with Crippen molar-refractivity contribution in [2.24, 2.45) is 10.2 Å². The van der Waals surface area contributed by atoms with Gasteiger partial charge in [-0.05, 0) is 12.1 Å². The van der Waals surface area contributed by atoms with Crippen molar-refractivity contribution in [2.75, 3.05) is 0 Å². The van der Waals surface area contributed by atoms with Crippen LogP contribution in [0.15, 0.2) is 27.2 Å². The van der Waals surface area contributed by atoms with Crippen LogP contribution in [0.1, 0.15) is 10.4 Å². The maximum Gasteiger partial charge on any atom is 0.297 e. The predicted molar refractivity (Wildman–Crippen MR) is 47.8 cm³/mol. The number of hydrogen-bond acceptors (Lipinski definition) is 3. The van der Waals surface area contributed by atoms with Crippen LogP contribution in [0.4, 0.5) is 5.69 Å². The summed E-state index contributed by atoms with van der Waals surface area (Å²) in [6, 6.07) is 3.12. The molecule has 2 aromatic rings. The highest BCUT2D eigenvalue weighted by Crippen LogP contribution is 2.29. The lowest BCUT2D eigenvalue weighted by Crippen LogP contribution is -1.97. The number of benzene rings is 1. The number of carbonyl (C=O) groups excluding carboxylic acids is 1. The second-order valence-electron chi connectivity index (χ2n) is 3.00. The maximum atomic E-state index is 11.2. The fraction of sp³-hybridized carbons (Fsp3) is 0. The van der Waals surface area contributed by atoms with E-state index in [1.54, 1.807) is 12.1 Å². The first-order valence-electron chi connectivity index (χ1n) is 3.96. The molecule has 3 rings (SSSR count). The summed E-state index contributed by atoms with van der Waals surface area (Å²) in [6.07, 6.45) is 0. The summed E-state index contributed by atoms with van der Waals surface area (Å²) < 4.78 is 0. The Hall–Kier alpha value is -2.24. The molecule has 0 saturated carbocycles. The van der Waals surface area contributed by atoms with Crippen LogP contribution in [-0.2, 0) is 0 Å². The molecular weight excluding hydrogens is 184 g/mol. The van der Waals surface area contributed by atoms with Gasteiger partial charge in [0.2, 0.25) is 0 Å². The van der Waals surface area contributed by atoms with Crippen molar-refractivity contribution in [1.82, 2.24) is 10.2 Å². The monoisotopic (exact) mass is 188 g/mol. The summed E-state index contributed by atoms with van der Waals surface area (Å²) in [4.78, 5) is 22.4. The fourth-order valence-electron chi connectivity index (χ4n) is 1.48. The van der Waals surface area contributed by atoms with E-state index in [0.29, 0.717) is 22.2 Å². The lowest BCUT2D eigenvalue weighted by molar-refractivity contribution is 0.100. The molecule has 1 aliphatic heterocycles. The molecule has 0 spiro atoms. The Labute approximate surface area is 76.6 Å². The number of aromatic amines is 2. The third-order valence-corrected chi connectivity index (χ3v) is 2.17. The van der Waals surface area contributed by atoms with Gasteiger partial charge in [-0.1, -0.05) is 0 Å². The van der Waals surface area contributed by atoms with Gasteiger partial charge in [0.15, 0.2) is 0 Å². The Morgan fingerprint density at radius 3 is 2.79 bits per heavy atom. The summed E-state index contributed by atoms with van der Waals surface area (Å²) in [7, 11) is 0. The van der Waals surface area contributed by atoms with Crippen molar-refractivity contribution in [3.8, 4) is 0 Å². The second-order valence-corrected chi connectivity index (χ2v) is 3.00. The van der Waals surface area contributed by atoms with Crippen LogP contribution < -0.4 is 5.56 Å². The van der Waals surface area contributed by atoms with E-state index in [4.69, 9.17) is 0 Å². The molecule has 0 radical (unpaired) electrons. The summed E-state index contributed by atoms with van der Waals surface area (Å²) in [6.45, 7) is 0. The van der Waals surface area contributed by atoms with Gasteiger partial charge in [0, 0.05) is 0 Å². The molecule has 0 saturated heterocycles. The molecule has 6 nitrogen and oxygen atoms in total. The molecule has 2 N–H and O–H groups in total. The molecule has 2 heterocycles. The van der Waals surface area contributed by atoms with Gasteiger partial charge >= 0.3 is 0 Å². The molecule has 1 aromatic carbocycles. The van der Waals surface area contributed by atoms with E-state index < -0.39 is 0 Å². The Balaban J connectivity index is 2.50. The number of azo groups is 1. The minimum atomic E-state index is -0.371. The molecule has 1 aromatic heterocycles. The molecule has 0 fully saturated rings. The van der Waals surface area contributed by atoms with Crippen molar-refractivity contribution in [1.29, 1.82) is 0 Å². The molecule has 0 unspecified atom stereocenters. The van der Waals surface area contributed by atoms with E-state index >= 15 is 0 Å². The van der Waals surface area contributed by atoms with E-state index in [-0.39, 0.29) is 11.5 Å². The third kappa shape index (κ3) is 0.743. The third-order valence-electron chi connectivity index (χ3n) is 2.17. The van der Waals surface area contributed by atoms with Crippen LogP contribution in [0.2, 0.25) is 0 Å². The Bertz CT molecular complexity index is 634. The second kappa shape index (κ2) is 2.16. The largest absolute Gasteiger partial charge is 0.297 e. The average molecular weight is 188 g/mol. The van der Waals surface area contributed by atoms with Crippen LogP contribution in [-0.4, -0.2) is 16.1 Å². The number of carbonyl (C=O) groups is 1. The zero-order valence-corrected chi connectivity index (χ0v) is 6.87. The van der Waals surface area contributed by atoms with E-state index in [1.165, 1.54) is 0 Å². The molecule has 0 aliphatic carbocycles. The standard InChI is InChI=1S/C8H4N4O2/c13-7-3-1-5-4(8(14)12-9-5)2-6(3)10-11-7/h1-2H,(H2,9,12,14). The quantitative estimate of drug-likeness (QED) is 0.647. The van der Waals surface area contributed by atoms with Gasteiger partial charge in [-0.3, -0.25) is 19.8 Å². The lowest BCUT2D eigenvalue weighted by Gasteiger charge is -1.92. The molecular formula is C8H4N4O2. The maximum absolute atomic E-state index is 11.2. The Morgan fingerprint density at radius 2 is 1.93 bits per heavy atom. The van der Waals surface area contributed by atoms with Gasteiger partial charge < -0.3 is 0 Å². The van der Waals surface area contributed by atoms with Crippen molar-refractivity contribution >= 4 is 22.5 Å². The lowest BCUT2D eigenvalue weighted by atomic mass is 10.1. The smallest absolute Gasteiger partial charge is 0.297 e. The minimum absolute atomic E-state index is 0.225. The Kier molecular flexibility index (Phi) is 1.11. The SMILES string of the molecule is O=C1N=Nc2cc3c(=O)[nH][nH]c3cc21. The zero-order valence-electron chi connectivity index (χ0n) is 6.87. The molecule has 1 amide bonds. The van der Waals surface area contributed by atoms with Crippen LogP contribution in [0.5, 0.6) is 0 Å². The normalized spacial score (nSPS) is 13.9. The number of rotatable bonds is 0. The van der Waals surface area contributed by atoms with E-state index in [1.807, 2.05) is 0 Å². The average Bonchev–Trinajstić information content (AvgIpc) is 2.71. The van der Waals surface area contributed by atoms with Crippen LogP contribution in [0, 0.1) is 0 Å². The number of H-pyrrole nitrogens is 2. The number of amides is 1. The summed E-state index contributed by atoms with van der Waals surface area (Å²) in [5.41, 5.74) is 1.24. The van der Waals surface area contributed by atoms with Crippen LogP contribution >= 0.6 is 0 Å². The van der Waals surface area contributed by atoms with Gasteiger partial charge in [0.25, 0.3) is 11.5 Å². The minimum Gasteiger partial charge on any atom is -0.297 e. The first-order chi connectivity index (χ1) is 6.75. The molecule has 68 valence electrons. The van der Waals surface area contributed by atoms with Crippen molar-refractivity contribution in [3.05, 3.63) is 28.0 Å². The van der Waals surface area contributed by atoms with Gasteiger partial charge in [-0.25, -0.2) is 0 Å². The van der Waals surface area contributed by atoms with Gasteiger partial charge in [-0.2, -0.15) is 0 Å². The van der Waals surface area contributed by atoms with Gasteiger partial charge in [0.1, 0.15) is 0 Å². The molecule has 1 aliphatic rings.